The summed E-state index contributed by atoms with van der Waals surface area (Å²) in [5.74, 6) is -0.165. The van der Waals surface area contributed by atoms with Gasteiger partial charge in [0.05, 0.1) is 0 Å². The molecule has 104 valence electrons. The number of aliphatic hydroxyl groups excluding tert-OH is 1. The van der Waals surface area contributed by atoms with E-state index in [4.69, 9.17) is 9.84 Å². The molecule has 4 nitrogen and oxygen atoms in total. The van der Waals surface area contributed by atoms with E-state index in [1.54, 1.807) is 6.07 Å². The monoisotopic (exact) mass is 267 g/mol. The normalized spacial score (nSPS) is 22.2. The summed E-state index contributed by atoms with van der Waals surface area (Å²) in [6.45, 7) is -0.0478. The lowest BCUT2D eigenvalue weighted by Crippen LogP contribution is -2.40. The molecule has 0 aliphatic heterocycles. The van der Waals surface area contributed by atoms with Crippen LogP contribution < -0.4 is 10.1 Å². The molecule has 0 radical (unpaired) electrons. The molecule has 1 aromatic rings. The smallest absolute Gasteiger partial charge is 0.258 e. The first-order valence-corrected chi connectivity index (χ1v) is 6.47. The molecule has 2 N–H and O–H groups in total. The number of halogens is 1. The number of carbonyl (C=O) groups is 1. The molecule has 1 amide bonds. The Morgan fingerprint density at radius 3 is 3.05 bits per heavy atom. The van der Waals surface area contributed by atoms with Crippen molar-refractivity contribution < 1.29 is 19.0 Å². The van der Waals surface area contributed by atoms with Crippen molar-refractivity contribution in [2.45, 2.75) is 25.3 Å². The van der Waals surface area contributed by atoms with Gasteiger partial charge in [0, 0.05) is 24.6 Å². The van der Waals surface area contributed by atoms with Gasteiger partial charge in [0.25, 0.3) is 5.91 Å². The number of rotatable bonds is 5. The summed E-state index contributed by atoms with van der Waals surface area (Å²) in [5, 5.41) is 12.0. The van der Waals surface area contributed by atoms with Gasteiger partial charge in [-0.05, 0) is 25.0 Å². The summed E-state index contributed by atoms with van der Waals surface area (Å²) >= 11 is 0. The third-order valence-electron chi connectivity index (χ3n) is 3.41. The largest absolute Gasteiger partial charge is 0.484 e. The molecular formula is C14H18FNO3. The van der Waals surface area contributed by atoms with E-state index in [1.165, 1.54) is 18.2 Å². The van der Waals surface area contributed by atoms with Gasteiger partial charge >= 0.3 is 0 Å². The van der Waals surface area contributed by atoms with Crippen LogP contribution in [0.4, 0.5) is 4.39 Å². The minimum absolute atomic E-state index is 0.0219. The molecule has 1 saturated carbocycles. The average Bonchev–Trinajstić information content (AvgIpc) is 2.84. The van der Waals surface area contributed by atoms with Gasteiger partial charge in [-0.3, -0.25) is 4.79 Å². The second-order valence-corrected chi connectivity index (χ2v) is 4.79. The van der Waals surface area contributed by atoms with Gasteiger partial charge in [-0.2, -0.15) is 0 Å². The van der Waals surface area contributed by atoms with Crippen molar-refractivity contribution in [2.75, 3.05) is 13.2 Å². The second-order valence-electron chi connectivity index (χ2n) is 4.79. The van der Waals surface area contributed by atoms with Crippen LogP contribution in [0.2, 0.25) is 0 Å². The van der Waals surface area contributed by atoms with Crippen LogP contribution in [0.25, 0.3) is 0 Å². The van der Waals surface area contributed by atoms with Gasteiger partial charge in [-0.15, -0.1) is 0 Å². The Bertz CT molecular complexity index is 438. The van der Waals surface area contributed by atoms with Crippen molar-refractivity contribution in [1.29, 1.82) is 0 Å². The maximum absolute atomic E-state index is 12.9. The van der Waals surface area contributed by atoms with E-state index in [0.717, 1.165) is 19.3 Å². The van der Waals surface area contributed by atoms with Gasteiger partial charge in [-0.25, -0.2) is 4.39 Å². The van der Waals surface area contributed by atoms with E-state index in [1.807, 2.05) is 0 Å². The minimum atomic E-state index is -0.394. The number of ether oxygens (including phenoxy) is 1. The summed E-state index contributed by atoms with van der Waals surface area (Å²) in [6.07, 6.45) is 2.84. The predicted octanol–water partition coefficient (Wildman–Crippen LogP) is 1.48. The van der Waals surface area contributed by atoms with Crippen LogP contribution in [0.1, 0.15) is 19.3 Å². The molecule has 1 aliphatic carbocycles. The zero-order valence-electron chi connectivity index (χ0n) is 10.6. The molecule has 0 saturated heterocycles. The number of benzene rings is 1. The van der Waals surface area contributed by atoms with Gasteiger partial charge < -0.3 is 15.2 Å². The number of aliphatic hydroxyl groups is 1. The zero-order valence-corrected chi connectivity index (χ0v) is 10.6. The zero-order chi connectivity index (χ0) is 13.7. The van der Waals surface area contributed by atoms with Gasteiger partial charge in [0.2, 0.25) is 0 Å². The lowest BCUT2D eigenvalue weighted by Gasteiger charge is -2.19. The molecule has 2 unspecified atom stereocenters. The standard InChI is InChI=1S/C14H18FNO3/c15-11-4-2-5-12(7-11)19-9-14(18)16-13-6-1-3-10(13)8-17/h2,4-5,7,10,13,17H,1,3,6,8-9H2,(H,16,18). The first-order valence-electron chi connectivity index (χ1n) is 6.47. The number of amides is 1. The van der Waals surface area contributed by atoms with E-state index in [9.17, 15) is 9.18 Å². The van der Waals surface area contributed by atoms with Gasteiger partial charge in [0.1, 0.15) is 11.6 Å². The summed E-state index contributed by atoms with van der Waals surface area (Å²) in [6, 6.07) is 5.70. The molecule has 19 heavy (non-hydrogen) atoms. The number of hydrogen-bond donors (Lipinski definition) is 2. The summed E-state index contributed by atoms with van der Waals surface area (Å²) in [7, 11) is 0. The first kappa shape index (κ1) is 13.8. The van der Waals surface area contributed by atoms with E-state index >= 15 is 0 Å². The van der Waals surface area contributed by atoms with Crippen molar-refractivity contribution in [3.05, 3.63) is 30.1 Å². The summed E-state index contributed by atoms with van der Waals surface area (Å²) < 4.78 is 18.1. The molecule has 5 heteroatoms. The van der Waals surface area contributed by atoms with Gasteiger partial charge in [-0.1, -0.05) is 12.5 Å². The van der Waals surface area contributed by atoms with Crippen LogP contribution in [0, 0.1) is 11.7 Å². The Labute approximate surface area is 111 Å². The Morgan fingerprint density at radius 1 is 1.47 bits per heavy atom. The van der Waals surface area contributed by atoms with E-state index < -0.39 is 5.82 Å². The lowest BCUT2D eigenvalue weighted by molar-refractivity contribution is -0.124. The fourth-order valence-corrected chi connectivity index (χ4v) is 2.40. The fourth-order valence-electron chi connectivity index (χ4n) is 2.40. The summed E-state index contributed by atoms with van der Waals surface area (Å²) in [4.78, 5) is 11.7. The molecule has 0 aromatic heterocycles. The SMILES string of the molecule is O=C(COc1cccc(F)c1)NC1CCCC1CO. The molecule has 1 aliphatic rings. The Morgan fingerprint density at radius 2 is 2.32 bits per heavy atom. The highest BCUT2D eigenvalue weighted by Crippen LogP contribution is 2.24. The fraction of sp³-hybridized carbons (Fsp3) is 0.500. The third-order valence-corrected chi connectivity index (χ3v) is 3.41. The lowest BCUT2D eigenvalue weighted by atomic mass is 10.1. The van der Waals surface area contributed by atoms with Crippen LogP contribution in [0.3, 0.4) is 0 Å². The number of nitrogens with one attached hydrogen (secondary N) is 1. The van der Waals surface area contributed by atoms with Gasteiger partial charge in [0.15, 0.2) is 6.61 Å². The van der Waals surface area contributed by atoms with Crippen molar-refractivity contribution in [3.8, 4) is 5.75 Å². The van der Waals surface area contributed by atoms with Crippen LogP contribution in [0.15, 0.2) is 24.3 Å². The third kappa shape index (κ3) is 3.92. The molecular weight excluding hydrogens is 249 g/mol. The van der Waals surface area contributed by atoms with Crippen LogP contribution in [-0.2, 0) is 4.79 Å². The van der Waals surface area contributed by atoms with Crippen LogP contribution in [0.5, 0.6) is 5.75 Å². The van der Waals surface area contributed by atoms with E-state index in [2.05, 4.69) is 5.32 Å². The van der Waals surface area contributed by atoms with E-state index in [-0.39, 0.29) is 31.1 Å². The average molecular weight is 267 g/mol. The van der Waals surface area contributed by atoms with Crippen molar-refractivity contribution >= 4 is 5.91 Å². The maximum Gasteiger partial charge on any atom is 0.258 e. The Balaban J connectivity index is 1.78. The number of carbonyl (C=O) groups excluding carboxylic acids is 1. The molecule has 2 atom stereocenters. The number of hydrogen-bond acceptors (Lipinski definition) is 3. The highest BCUT2D eigenvalue weighted by atomic mass is 19.1. The molecule has 2 rings (SSSR count). The van der Waals surface area contributed by atoms with Crippen molar-refractivity contribution in [2.24, 2.45) is 5.92 Å². The van der Waals surface area contributed by atoms with E-state index in [0.29, 0.717) is 5.75 Å². The topological polar surface area (TPSA) is 58.6 Å². The molecule has 0 heterocycles. The molecule has 1 fully saturated rings. The molecule has 0 spiro atoms. The minimum Gasteiger partial charge on any atom is -0.484 e. The molecule has 0 bridgehead atoms. The van der Waals surface area contributed by atoms with Crippen LogP contribution in [-0.4, -0.2) is 30.3 Å². The quantitative estimate of drug-likeness (QED) is 0.849. The first-order chi connectivity index (χ1) is 9.19. The Kier molecular flexibility index (Phi) is 4.74. The summed E-state index contributed by atoms with van der Waals surface area (Å²) in [5.41, 5.74) is 0. The second kappa shape index (κ2) is 6.52. The van der Waals surface area contributed by atoms with Crippen LogP contribution >= 0.6 is 0 Å². The molecule has 1 aromatic carbocycles. The predicted molar refractivity (Wildman–Crippen MR) is 68.3 cm³/mol. The van der Waals surface area contributed by atoms with Crippen molar-refractivity contribution in [3.63, 3.8) is 0 Å². The maximum atomic E-state index is 12.9. The Hall–Kier alpha value is -1.62. The highest BCUT2D eigenvalue weighted by molar-refractivity contribution is 5.77. The van der Waals surface area contributed by atoms with Crippen molar-refractivity contribution in [1.82, 2.24) is 5.32 Å². The highest BCUT2D eigenvalue weighted by Gasteiger charge is 2.27.